The molecule has 2 aromatic heterocycles. The van der Waals surface area contributed by atoms with E-state index in [1.54, 1.807) is 22.2 Å². The fraction of sp³-hybridized carbons (Fsp3) is 0.429. The lowest BCUT2D eigenvalue weighted by atomic mass is 9.90. The van der Waals surface area contributed by atoms with Crippen molar-refractivity contribution in [2.75, 3.05) is 13.2 Å². The lowest BCUT2D eigenvalue weighted by Gasteiger charge is -2.30. The number of rotatable bonds is 4. The van der Waals surface area contributed by atoms with Gasteiger partial charge in [-0.3, -0.25) is 4.79 Å². The van der Waals surface area contributed by atoms with Gasteiger partial charge in [-0.25, -0.2) is 4.98 Å². The number of thiophene rings is 1. The van der Waals surface area contributed by atoms with Crippen molar-refractivity contribution in [3.63, 3.8) is 0 Å². The Labute approximate surface area is 125 Å². The first-order valence-corrected chi connectivity index (χ1v) is 8.47. The number of carbonyl (C=O) groups excluding carboxylic acids is 1. The van der Waals surface area contributed by atoms with Crippen LogP contribution in [-0.2, 0) is 4.74 Å². The molecule has 20 heavy (non-hydrogen) atoms. The molecule has 6 heteroatoms. The Morgan fingerprint density at radius 3 is 2.95 bits per heavy atom. The third kappa shape index (κ3) is 3.08. The van der Waals surface area contributed by atoms with Crippen molar-refractivity contribution in [3.05, 3.63) is 39.0 Å². The van der Waals surface area contributed by atoms with Gasteiger partial charge in [0.1, 0.15) is 5.69 Å². The normalized spacial score (nSPS) is 17.8. The molecule has 0 spiro atoms. The molecule has 0 unspecified atom stereocenters. The number of nitrogens with one attached hydrogen (secondary N) is 1. The van der Waals surface area contributed by atoms with Crippen molar-refractivity contribution >= 4 is 28.6 Å². The molecule has 1 N–H and O–H groups in total. The molecule has 0 radical (unpaired) electrons. The van der Waals surface area contributed by atoms with E-state index in [0.717, 1.165) is 26.1 Å². The van der Waals surface area contributed by atoms with Crippen LogP contribution in [0, 0.1) is 5.92 Å². The van der Waals surface area contributed by atoms with E-state index in [0.29, 0.717) is 11.6 Å². The van der Waals surface area contributed by atoms with E-state index in [1.807, 2.05) is 6.07 Å². The molecule has 1 atom stereocenters. The Morgan fingerprint density at radius 2 is 2.30 bits per heavy atom. The van der Waals surface area contributed by atoms with Gasteiger partial charge in [0, 0.05) is 23.5 Å². The molecule has 0 aliphatic carbocycles. The van der Waals surface area contributed by atoms with Crippen LogP contribution < -0.4 is 5.32 Å². The smallest absolute Gasteiger partial charge is 0.271 e. The number of carbonyl (C=O) groups is 1. The average Bonchev–Trinajstić information content (AvgIpc) is 3.18. The molecule has 0 saturated carbocycles. The minimum atomic E-state index is -0.0869. The highest BCUT2D eigenvalue weighted by molar-refractivity contribution is 7.10. The summed E-state index contributed by atoms with van der Waals surface area (Å²) in [7, 11) is 0. The Bertz CT molecular complexity index is 534. The van der Waals surface area contributed by atoms with E-state index in [9.17, 15) is 4.79 Å². The van der Waals surface area contributed by atoms with Crippen LogP contribution in [0.25, 0.3) is 0 Å². The Hall–Kier alpha value is -1.24. The molecule has 1 aliphatic rings. The molecule has 106 valence electrons. The third-order valence-corrected chi connectivity index (χ3v) is 5.08. The molecule has 0 bridgehead atoms. The van der Waals surface area contributed by atoms with Gasteiger partial charge in [-0.2, -0.15) is 0 Å². The number of nitrogens with zero attached hydrogens (tertiary/aromatic N) is 1. The summed E-state index contributed by atoms with van der Waals surface area (Å²) in [6, 6.07) is 4.18. The Morgan fingerprint density at radius 1 is 1.45 bits per heavy atom. The minimum absolute atomic E-state index is 0.0631. The summed E-state index contributed by atoms with van der Waals surface area (Å²) in [5, 5.41) is 6.99. The fourth-order valence-electron chi connectivity index (χ4n) is 2.48. The number of amides is 1. The highest BCUT2D eigenvalue weighted by Crippen LogP contribution is 2.32. The van der Waals surface area contributed by atoms with Gasteiger partial charge in [0.2, 0.25) is 0 Å². The SMILES string of the molecule is O=C(N[C@@H](c1cccs1)C1CCOCC1)c1cscn1. The summed E-state index contributed by atoms with van der Waals surface area (Å²) in [5.74, 6) is 0.348. The van der Waals surface area contributed by atoms with Crippen molar-refractivity contribution in [2.24, 2.45) is 5.92 Å². The topological polar surface area (TPSA) is 51.2 Å². The predicted molar refractivity (Wildman–Crippen MR) is 80.2 cm³/mol. The van der Waals surface area contributed by atoms with Crippen LogP contribution in [0.5, 0.6) is 0 Å². The van der Waals surface area contributed by atoms with E-state index in [-0.39, 0.29) is 11.9 Å². The number of aromatic nitrogens is 1. The van der Waals surface area contributed by atoms with Crippen molar-refractivity contribution in [2.45, 2.75) is 18.9 Å². The zero-order chi connectivity index (χ0) is 13.8. The minimum Gasteiger partial charge on any atom is -0.381 e. The monoisotopic (exact) mass is 308 g/mol. The van der Waals surface area contributed by atoms with Crippen molar-refractivity contribution in [3.8, 4) is 0 Å². The van der Waals surface area contributed by atoms with Crippen LogP contribution in [0.3, 0.4) is 0 Å². The number of thiazole rings is 1. The second-order valence-corrected chi connectivity index (χ2v) is 6.49. The first-order chi connectivity index (χ1) is 9.84. The molecule has 3 rings (SSSR count). The largest absolute Gasteiger partial charge is 0.381 e. The summed E-state index contributed by atoms with van der Waals surface area (Å²) in [6.45, 7) is 1.55. The first kappa shape index (κ1) is 13.7. The molecule has 0 aromatic carbocycles. The predicted octanol–water partition coefficient (Wildman–Crippen LogP) is 3.10. The van der Waals surface area contributed by atoms with Crippen LogP contribution in [0.2, 0.25) is 0 Å². The van der Waals surface area contributed by atoms with E-state index in [1.165, 1.54) is 16.2 Å². The summed E-state index contributed by atoms with van der Waals surface area (Å²) < 4.78 is 5.42. The van der Waals surface area contributed by atoms with Crippen LogP contribution in [-0.4, -0.2) is 24.1 Å². The number of ether oxygens (including phenoxy) is 1. The van der Waals surface area contributed by atoms with E-state index in [4.69, 9.17) is 4.74 Å². The van der Waals surface area contributed by atoms with Gasteiger partial charge >= 0.3 is 0 Å². The first-order valence-electron chi connectivity index (χ1n) is 6.65. The van der Waals surface area contributed by atoms with Gasteiger partial charge in [-0.05, 0) is 30.2 Å². The van der Waals surface area contributed by atoms with Crippen molar-refractivity contribution in [1.29, 1.82) is 0 Å². The summed E-state index contributed by atoms with van der Waals surface area (Å²) in [4.78, 5) is 17.6. The fourth-order valence-corrected chi connectivity index (χ4v) is 3.88. The summed E-state index contributed by atoms with van der Waals surface area (Å²) >= 11 is 3.13. The quantitative estimate of drug-likeness (QED) is 0.944. The van der Waals surface area contributed by atoms with Gasteiger partial charge in [0.15, 0.2) is 0 Å². The van der Waals surface area contributed by atoms with E-state index >= 15 is 0 Å². The van der Waals surface area contributed by atoms with Gasteiger partial charge < -0.3 is 10.1 Å². The second-order valence-electron chi connectivity index (χ2n) is 4.79. The molecule has 3 heterocycles. The molecule has 1 fully saturated rings. The molecular formula is C14H16N2O2S2. The van der Waals surface area contributed by atoms with Crippen LogP contribution in [0.1, 0.15) is 34.2 Å². The lowest BCUT2D eigenvalue weighted by Crippen LogP contribution is -2.35. The van der Waals surface area contributed by atoms with E-state index < -0.39 is 0 Å². The van der Waals surface area contributed by atoms with E-state index in [2.05, 4.69) is 21.7 Å². The summed E-state index contributed by atoms with van der Waals surface area (Å²) in [5.41, 5.74) is 2.19. The van der Waals surface area contributed by atoms with Crippen LogP contribution >= 0.6 is 22.7 Å². The zero-order valence-corrected chi connectivity index (χ0v) is 12.6. The second kappa shape index (κ2) is 6.47. The average molecular weight is 308 g/mol. The lowest BCUT2D eigenvalue weighted by molar-refractivity contribution is 0.0517. The highest BCUT2D eigenvalue weighted by atomic mass is 32.1. The molecule has 1 saturated heterocycles. The van der Waals surface area contributed by atoms with Gasteiger partial charge in [0.05, 0.1) is 11.6 Å². The molecule has 2 aromatic rings. The van der Waals surface area contributed by atoms with Crippen LogP contribution in [0.15, 0.2) is 28.4 Å². The molecule has 4 nitrogen and oxygen atoms in total. The Balaban J connectivity index is 1.77. The highest BCUT2D eigenvalue weighted by Gasteiger charge is 2.28. The molecular weight excluding hydrogens is 292 g/mol. The molecule has 1 amide bonds. The Kier molecular flexibility index (Phi) is 4.44. The maximum atomic E-state index is 12.3. The number of hydrogen-bond acceptors (Lipinski definition) is 5. The van der Waals surface area contributed by atoms with Crippen molar-refractivity contribution < 1.29 is 9.53 Å². The standard InChI is InChI=1S/C14H16N2O2S2/c17-14(11-8-19-9-15-11)16-13(12-2-1-7-20-12)10-3-5-18-6-4-10/h1-2,7-10,13H,3-6H2,(H,16,17)/t13-/m1/s1. The zero-order valence-electron chi connectivity index (χ0n) is 11.0. The van der Waals surface area contributed by atoms with Gasteiger partial charge in [0.25, 0.3) is 5.91 Å². The maximum Gasteiger partial charge on any atom is 0.271 e. The van der Waals surface area contributed by atoms with Crippen molar-refractivity contribution in [1.82, 2.24) is 10.3 Å². The molecule has 1 aliphatic heterocycles. The van der Waals surface area contributed by atoms with Gasteiger partial charge in [-0.1, -0.05) is 6.07 Å². The number of hydrogen-bond donors (Lipinski definition) is 1. The maximum absolute atomic E-state index is 12.3. The summed E-state index contributed by atoms with van der Waals surface area (Å²) in [6.07, 6.45) is 1.97. The van der Waals surface area contributed by atoms with Crippen LogP contribution in [0.4, 0.5) is 0 Å². The van der Waals surface area contributed by atoms with Gasteiger partial charge in [-0.15, -0.1) is 22.7 Å². The third-order valence-electron chi connectivity index (χ3n) is 3.54.